The Morgan fingerprint density at radius 1 is 1.07 bits per heavy atom. The number of anilines is 1. The summed E-state index contributed by atoms with van der Waals surface area (Å²) < 4.78 is 36.5. The number of nitrogens with one attached hydrogen (secondary N) is 1. The van der Waals surface area contributed by atoms with Gasteiger partial charge in [-0.25, -0.2) is 18.2 Å². The maximum absolute atomic E-state index is 13.5. The van der Waals surface area contributed by atoms with Crippen molar-refractivity contribution in [2.75, 3.05) is 31.5 Å². The maximum Gasteiger partial charge on any atom is 0.413 e. The number of thiophene rings is 1. The molecule has 1 fully saturated rings. The summed E-state index contributed by atoms with van der Waals surface area (Å²) in [5.74, 6) is 0.799. The summed E-state index contributed by atoms with van der Waals surface area (Å²) in [5.41, 5.74) is 3.09. The number of aromatic nitrogens is 3. The number of hydrogen-bond acceptors (Lipinski definition) is 8. The van der Waals surface area contributed by atoms with Crippen molar-refractivity contribution in [2.45, 2.75) is 69.4 Å². The molecule has 1 unspecified atom stereocenters. The summed E-state index contributed by atoms with van der Waals surface area (Å²) in [6.07, 6.45) is 8.93. The molecule has 1 aliphatic heterocycles. The van der Waals surface area contributed by atoms with E-state index in [-0.39, 0.29) is 10.8 Å². The fraction of sp³-hybridized carbons (Fsp3) is 0.452. The molecule has 0 aliphatic carbocycles. The van der Waals surface area contributed by atoms with Crippen LogP contribution in [0.3, 0.4) is 0 Å². The normalized spacial score (nSPS) is 16.5. The van der Waals surface area contributed by atoms with Crippen LogP contribution in [0.25, 0.3) is 22.4 Å². The van der Waals surface area contributed by atoms with E-state index in [1.165, 1.54) is 30.0 Å². The first-order valence-electron chi connectivity index (χ1n) is 15.1. The highest BCUT2D eigenvalue weighted by Gasteiger charge is 2.39. The lowest BCUT2D eigenvalue weighted by Crippen LogP contribution is -2.56. The Bertz CT molecular complexity index is 1590. The SMILES string of the molecule is CCCCCCCCN1CCN(S(=O)(=O)c2cccs2)C(OC(=O)Nc2ccc3c(c2)nc(-c2cccnc2)n3CC)C1. The van der Waals surface area contributed by atoms with Crippen LogP contribution in [0.1, 0.15) is 52.4 Å². The average Bonchev–Trinajstić information content (AvgIpc) is 3.68. The van der Waals surface area contributed by atoms with E-state index in [1.54, 1.807) is 42.0 Å². The van der Waals surface area contributed by atoms with Crippen LogP contribution >= 0.6 is 11.3 Å². The molecule has 230 valence electrons. The van der Waals surface area contributed by atoms with Gasteiger partial charge in [0.15, 0.2) is 6.23 Å². The third-order valence-electron chi connectivity index (χ3n) is 7.73. The van der Waals surface area contributed by atoms with Crippen molar-refractivity contribution in [3.05, 3.63) is 60.2 Å². The van der Waals surface area contributed by atoms with E-state index in [0.29, 0.717) is 18.8 Å². The molecule has 0 bridgehead atoms. The monoisotopic (exact) mass is 624 g/mol. The van der Waals surface area contributed by atoms with E-state index in [4.69, 9.17) is 9.72 Å². The highest BCUT2D eigenvalue weighted by Crippen LogP contribution is 2.28. The second-order valence-electron chi connectivity index (χ2n) is 10.7. The number of benzene rings is 1. The zero-order chi connectivity index (χ0) is 30.2. The van der Waals surface area contributed by atoms with E-state index in [2.05, 4.69) is 33.6 Å². The number of piperazine rings is 1. The average molecular weight is 625 g/mol. The van der Waals surface area contributed by atoms with Crippen molar-refractivity contribution in [3.63, 3.8) is 0 Å². The minimum atomic E-state index is -3.80. The minimum Gasteiger partial charge on any atom is -0.428 e. The zero-order valence-corrected chi connectivity index (χ0v) is 26.4. The number of amides is 1. The van der Waals surface area contributed by atoms with Crippen LogP contribution in [-0.4, -0.2) is 70.7 Å². The number of nitrogens with zero attached hydrogens (tertiary/aromatic N) is 5. The second-order valence-corrected chi connectivity index (χ2v) is 13.8. The third-order valence-corrected chi connectivity index (χ3v) is 11.0. The minimum absolute atomic E-state index is 0.243. The molecule has 1 aromatic carbocycles. The summed E-state index contributed by atoms with van der Waals surface area (Å²) in [6.45, 7) is 7.00. The van der Waals surface area contributed by atoms with E-state index in [9.17, 15) is 13.2 Å². The van der Waals surface area contributed by atoms with Crippen molar-refractivity contribution in [1.82, 2.24) is 23.7 Å². The number of pyridine rings is 1. The highest BCUT2D eigenvalue weighted by molar-refractivity contribution is 7.91. The first-order chi connectivity index (χ1) is 20.9. The van der Waals surface area contributed by atoms with Crippen LogP contribution in [0.15, 0.2) is 64.4 Å². The second kappa shape index (κ2) is 14.4. The van der Waals surface area contributed by atoms with Crippen molar-refractivity contribution in [3.8, 4) is 11.4 Å². The molecule has 3 aromatic heterocycles. The molecule has 12 heteroatoms. The van der Waals surface area contributed by atoms with Crippen LogP contribution < -0.4 is 5.32 Å². The number of fused-ring (bicyclic) bond motifs is 1. The van der Waals surface area contributed by atoms with E-state index in [0.717, 1.165) is 59.7 Å². The first-order valence-corrected chi connectivity index (χ1v) is 17.4. The molecule has 1 atom stereocenters. The number of carbonyl (C=O) groups excluding carboxylic acids is 1. The predicted octanol–water partition coefficient (Wildman–Crippen LogP) is 6.42. The molecule has 4 aromatic rings. The van der Waals surface area contributed by atoms with Gasteiger partial charge in [-0.3, -0.25) is 15.2 Å². The molecule has 1 aliphatic rings. The summed E-state index contributed by atoms with van der Waals surface area (Å²) in [4.78, 5) is 24.4. The lowest BCUT2D eigenvalue weighted by Gasteiger charge is -2.39. The van der Waals surface area contributed by atoms with Gasteiger partial charge in [-0.1, -0.05) is 45.1 Å². The van der Waals surface area contributed by atoms with Crippen molar-refractivity contribution >= 4 is 44.2 Å². The van der Waals surface area contributed by atoms with Gasteiger partial charge in [0.1, 0.15) is 10.0 Å². The molecule has 10 nitrogen and oxygen atoms in total. The van der Waals surface area contributed by atoms with Crippen LogP contribution in [0.2, 0.25) is 0 Å². The van der Waals surface area contributed by atoms with Gasteiger partial charge in [0.2, 0.25) is 0 Å². The number of aryl methyl sites for hydroxylation is 1. The van der Waals surface area contributed by atoms with Gasteiger partial charge in [-0.05, 0) is 61.7 Å². The molecule has 1 amide bonds. The first kappa shape index (κ1) is 31.1. The Hall–Kier alpha value is -3.32. The lowest BCUT2D eigenvalue weighted by atomic mass is 10.1. The quantitative estimate of drug-likeness (QED) is 0.171. The fourth-order valence-electron chi connectivity index (χ4n) is 5.52. The van der Waals surface area contributed by atoms with Crippen molar-refractivity contribution in [2.24, 2.45) is 0 Å². The summed E-state index contributed by atoms with van der Waals surface area (Å²) in [6, 6.07) is 12.7. The molecule has 0 radical (unpaired) electrons. The highest BCUT2D eigenvalue weighted by atomic mass is 32.2. The van der Waals surface area contributed by atoms with Crippen LogP contribution in [0.4, 0.5) is 10.5 Å². The number of unbranched alkanes of at least 4 members (excludes halogenated alkanes) is 5. The van der Waals surface area contributed by atoms with Gasteiger partial charge in [-0.15, -0.1) is 11.3 Å². The summed E-state index contributed by atoms with van der Waals surface area (Å²) in [7, 11) is -3.80. The largest absolute Gasteiger partial charge is 0.428 e. The Morgan fingerprint density at radius 2 is 1.91 bits per heavy atom. The van der Waals surface area contributed by atoms with Gasteiger partial charge < -0.3 is 9.30 Å². The molecule has 1 saturated heterocycles. The van der Waals surface area contributed by atoms with E-state index in [1.807, 2.05) is 18.2 Å². The molecule has 5 rings (SSSR count). The molecule has 1 N–H and O–H groups in total. The van der Waals surface area contributed by atoms with Gasteiger partial charge in [0, 0.05) is 43.3 Å². The maximum atomic E-state index is 13.5. The molecular weight excluding hydrogens is 585 g/mol. The summed E-state index contributed by atoms with van der Waals surface area (Å²) in [5, 5.41) is 4.54. The van der Waals surface area contributed by atoms with E-state index < -0.39 is 22.3 Å². The standard InChI is InChI=1S/C31H40N6O4S2/c1-3-5-6-7-8-9-17-35-18-19-37(43(39,40)29-13-11-20-42-29)28(23-35)41-31(38)33-25-14-15-27-26(21-25)34-30(36(27)4-2)24-12-10-16-32-22-24/h10-16,20-22,28H,3-9,17-19,23H2,1-2H3,(H,33,38). The van der Waals surface area contributed by atoms with Gasteiger partial charge in [0.25, 0.3) is 10.0 Å². The van der Waals surface area contributed by atoms with Crippen molar-refractivity contribution < 1.29 is 17.9 Å². The van der Waals surface area contributed by atoms with Crippen molar-refractivity contribution in [1.29, 1.82) is 0 Å². The molecule has 4 heterocycles. The van der Waals surface area contributed by atoms with Crippen LogP contribution in [0, 0.1) is 0 Å². The Balaban J connectivity index is 1.29. The Kier molecular flexibility index (Phi) is 10.4. The van der Waals surface area contributed by atoms with Gasteiger partial charge >= 0.3 is 6.09 Å². The van der Waals surface area contributed by atoms with E-state index >= 15 is 0 Å². The molecule has 0 saturated carbocycles. The zero-order valence-electron chi connectivity index (χ0n) is 24.8. The number of imidazole rings is 1. The van der Waals surface area contributed by atoms with Gasteiger partial charge in [-0.2, -0.15) is 4.31 Å². The van der Waals surface area contributed by atoms with Crippen LogP contribution in [0.5, 0.6) is 0 Å². The van der Waals surface area contributed by atoms with Gasteiger partial charge in [0.05, 0.1) is 17.6 Å². The lowest BCUT2D eigenvalue weighted by molar-refractivity contribution is -0.0166. The number of hydrogen-bond donors (Lipinski definition) is 1. The smallest absolute Gasteiger partial charge is 0.413 e. The topological polar surface area (TPSA) is 110 Å². The number of carbonyl (C=O) groups is 1. The Labute approximate surface area is 257 Å². The molecule has 0 spiro atoms. The number of ether oxygens (including phenoxy) is 1. The predicted molar refractivity (Wildman–Crippen MR) is 171 cm³/mol. The van der Waals surface area contributed by atoms with Crippen LogP contribution in [-0.2, 0) is 21.3 Å². The fourth-order valence-corrected chi connectivity index (χ4v) is 8.13. The molecular formula is C31H40N6O4S2. The number of sulfonamides is 1. The summed E-state index contributed by atoms with van der Waals surface area (Å²) >= 11 is 1.16. The number of rotatable bonds is 13. The molecule has 43 heavy (non-hydrogen) atoms. The Morgan fingerprint density at radius 3 is 2.65 bits per heavy atom. The third kappa shape index (κ3) is 7.43.